The maximum Gasteiger partial charge on any atom is 0.203 e. The minimum atomic E-state index is -1.79. The highest BCUT2D eigenvalue weighted by Gasteiger charge is 2.73. The van der Waals surface area contributed by atoms with Crippen molar-refractivity contribution in [2.75, 3.05) is 26.4 Å². The third kappa shape index (κ3) is 8.62. The molecule has 6 aliphatic heterocycles. The zero-order valence-corrected chi connectivity index (χ0v) is 40.9. The van der Waals surface area contributed by atoms with Gasteiger partial charge in [0.25, 0.3) is 0 Å². The molecule has 23 heteroatoms. The van der Waals surface area contributed by atoms with E-state index in [-0.39, 0.29) is 43.3 Å². The summed E-state index contributed by atoms with van der Waals surface area (Å²) in [7, 11) is 0. The number of aliphatic hydroxyl groups is 13. The minimum Gasteiger partial charge on any atom is -0.396 e. The van der Waals surface area contributed by atoms with Crippen molar-refractivity contribution in [3.63, 3.8) is 0 Å². The van der Waals surface area contributed by atoms with Gasteiger partial charge in [-0.15, -0.1) is 0 Å². The molecular weight excluding hydrogens is 957 g/mol. The van der Waals surface area contributed by atoms with Crippen LogP contribution in [0.25, 0.3) is 0 Å². The molecule has 31 atom stereocenters. The Balaban J connectivity index is 0.905. The molecular formula is C49H76O23. The standard InChI is InChI=1S/C49H76O23/c1-17-14-65-49(42(62)39(17)69-44-37(60)34(57)31(54)18(2)66-44)25(13-50)30-28(72-49)12-24-22-7-6-20-10-21(51)11-29(48(20,5)23(22)8-9-47(24,30)4)68-46-41(71-45-38(61)35(58)32(55)19(3)67-45)40(27(53)16-64-46)70-43-36(59)33(56)26(52)15-63-43/h6,18-19,21-46,50-62H,1,7-16H2,2-5H3. The summed E-state index contributed by atoms with van der Waals surface area (Å²) in [6.07, 6.45) is -26.2. The molecule has 0 radical (unpaired) electrons. The molecule has 0 aromatic heterocycles. The van der Waals surface area contributed by atoms with Crippen molar-refractivity contribution in [3.8, 4) is 0 Å². The molecule has 31 unspecified atom stereocenters. The molecule has 0 amide bonds. The van der Waals surface area contributed by atoms with Gasteiger partial charge in [-0.25, -0.2) is 0 Å². The van der Waals surface area contributed by atoms with Crippen molar-refractivity contribution in [3.05, 3.63) is 23.8 Å². The van der Waals surface area contributed by atoms with Crippen molar-refractivity contribution >= 4 is 0 Å². The van der Waals surface area contributed by atoms with Gasteiger partial charge in [0.05, 0.1) is 56.9 Å². The van der Waals surface area contributed by atoms with E-state index in [0.29, 0.717) is 37.7 Å². The van der Waals surface area contributed by atoms with E-state index in [4.69, 9.17) is 47.4 Å². The fraction of sp³-hybridized carbons (Fsp3) is 0.918. The van der Waals surface area contributed by atoms with E-state index in [1.807, 2.05) is 0 Å². The Kier molecular flexibility index (Phi) is 15.1. The molecule has 3 saturated carbocycles. The van der Waals surface area contributed by atoms with Crippen LogP contribution < -0.4 is 0 Å². The number of aliphatic hydroxyl groups excluding tert-OH is 13. The molecule has 13 N–H and O–H groups in total. The lowest BCUT2D eigenvalue weighted by molar-refractivity contribution is -0.382. The smallest absolute Gasteiger partial charge is 0.203 e. The van der Waals surface area contributed by atoms with Gasteiger partial charge in [-0.2, -0.15) is 0 Å². The van der Waals surface area contributed by atoms with Gasteiger partial charge in [-0.3, -0.25) is 0 Å². The lowest BCUT2D eigenvalue weighted by Gasteiger charge is -2.61. The van der Waals surface area contributed by atoms with Crippen LogP contribution >= 0.6 is 0 Å². The number of allylic oxidation sites excluding steroid dienone is 1. The molecule has 6 saturated heterocycles. The summed E-state index contributed by atoms with van der Waals surface area (Å²) in [5, 5.41) is 142. The first kappa shape index (κ1) is 53.9. The van der Waals surface area contributed by atoms with E-state index < -0.39 is 177 Å². The molecule has 10 aliphatic rings. The van der Waals surface area contributed by atoms with Gasteiger partial charge >= 0.3 is 0 Å². The van der Waals surface area contributed by atoms with Crippen LogP contribution in [0.15, 0.2) is 23.8 Å². The number of fused-ring (bicyclic) bond motifs is 7. The maximum absolute atomic E-state index is 12.2. The summed E-state index contributed by atoms with van der Waals surface area (Å²) in [5.74, 6) is -2.66. The Morgan fingerprint density at radius 2 is 1.29 bits per heavy atom. The maximum atomic E-state index is 12.2. The monoisotopic (exact) mass is 1030 g/mol. The highest BCUT2D eigenvalue weighted by molar-refractivity contribution is 5.29. The van der Waals surface area contributed by atoms with Gasteiger partial charge < -0.3 is 114 Å². The van der Waals surface area contributed by atoms with E-state index >= 15 is 0 Å². The molecule has 0 aromatic rings. The lowest BCUT2D eigenvalue weighted by Crippen LogP contribution is -2.65. The molecule has 10 rings (SSSR count). The van der Waals surface area contributed by atoms with Crippen LogP contribution in [-0.2, 0) is 47.4 Å². The molecule has 0 aromatic carbocycles. The van der Waals surface area contributed by atoms with Crippen molar-refractivity contribution < 1.29 is 114 Å². The Hall–Kier alpha value is -1.44. The summed E-state index contributed by atoms with van der Waals surface area (Å²) in [4.78, 5) is 0. The molecule has 1 spiro atoms. The van der Waals surface area contributed by atoms with Gasteiger partial charge in [-0.1, -0.05) is 32.1 Å². The predicted molar refractivity (Wildman–Crippen MR) is 239 cm³/mol. The van der Waals surface area contributed by atoms with Gasteiger partial charge in [0.15, 0.2) is 25.2 Å². The quantitative estimate of drug-likeness (QED) is 0.0984. The molecule has 4 aliphatic carbocycles. The fourth-order valence-corrected chi connectivity index (χ4v) is 14.9. The highest BCUT2D eigenvalue weighted by Crippen LogP contribution is 2.71. The van der Waals surface area contributed by atoms with Gasteiger partial charge in [0.2, 0.25) is 5.79 Å². The third-order valence-corrected chi connectivity index (χ3v) is 18.9. The summed E-state index contributed by atoms with van der Waals surface area (Å²) in [6.45, 7) is 10.1. The number of hydrogen-bond donors (Lipinski definition) is 13. The molecule has 6 heterocycles. The van der Waals surface area contributed by atoms with Crippen LogP contribution in [0.4, 0.5) is 0 Å². The Labute approximate surface area is 416 Å². The molecule has 410 valence electrons. The summed E-state index contributed by atoms with van der Waals surface area (Å²) in [6, 6.07) is 0. The number of ether oxygens (including phenoxy) is 10. The van der Waals surface area contributed by atoms with Crippen molar-refractivity contribution in [2.24, 2.45) is 40.4 Å². The van der Waals surface area contributed by atoms with Gasteiger partial charge in [-0.05, 0) is 74.7 Å². The molecule has 9 fully saturated rings. The van der Waals surface area contributed by atoms with E-state index in [2.05, 4.69) is 26.5 Å². The third-order valence-electron chi connectivity index (χ3n) is 18.9. The summed E-state index contributed by atoms with van der Waals surface area (Å²) in [5.41, 5.74) is 0.168. The second-order valence-electron chi connectivity index (χ2n) is 22.8. The van der Waals surface area contributed by atoms with E-state index in [1.54, 1.807) is 0 Å². The Morgan fingerprint density at radius 1 is 0.681 bits per heavy atom. The van der Waals surface area contributed by atoms with Crippen LogP contribution in [0.1, 0.15) is 66.2 Å². The van der Waals surface area contributed by atoms with E-state index in [0.717, 1.165) is 5.57 Å². The second-order valence-corrected chi connectivity index (χ2v) is 22.8. The first-order valence-electron chi connectivity index (χ1n) is 25.7. The van der Waals surface area contributed by atoms with Crippen molar-refractivity contribution in [1.82, 2.24) is 0 Å². The number of rotatable bonds is 9. The summed E-state index contributed by atoms with van der Waals surface area (Å²) < 4.78 is 62.1. The Morgan fingerprint density at radius 3 is 1.96 bits per heavy atom. The normalized spacial score (nSPS) is 57.8. The van der Waals surface area contributed by atoms with E-state index in [1.165, 1.54) is 13.8 Å². The van der Waals surface area contributed by atoms with Crippen LogP contribution in [0.3, 0.4) is 0 Å². The molecule has 23 nitrogen and oxygen atoms in total. The SMILES string of the molecule is C=C1COC2(OC3CC4C5CC=C6CC(O)CC(OC7OCC(O)C(OC8OCC(O)C(O)C8O)C7OC7OC(C)C(O)C(O)C7O)C6(C)C5CCC4(C)C3C2CO)C(O)C1OC1OC(C)C(O)C(O)C1O. The topological polar surface area (TPSA) is 355 Å². The zero-order valence-electron chi connectivity index (χ0n) is 40.9. The van der Waals surface area contributed by atoms with Crippen LogP contribution in [-0.4, -0.2) is 240 Å². The minimum absolute atomic E-state index is 0.0236. The average Bonchev–Trinajstić information content (AvgIpc) is 3.83. The number of hydrogen-bond acceptors (Lipinski definition) is 23. The molecule has 0 bridgehead atoms. The van der Waals surface area contributed by atoms with Gasteiger partial charge in [0, 0.05) is 23.7 Å². The van der Waals surface area contributed by atoms with Crippen molar-refractivity contribution in [1.29, 1.82) is 0 Å². The fourth-order valence-electron chi connectivity index (χ4n) is 14.9. The first-order chi connectivity index (χ1) is 34.0. The van der Waals surface area contributed by atoms with Gasteiger partial charge in [0.1, 0.15) is 85.5 Å². The largest absolute Gasteiger partial charge is 0.396 e. The average molecular weight is 1030 g/mol. The van der Waals surface area contributed by atoms with Crippen LogP contribution in [0.2, 0.25) is 0 Å². The lowest BCUT2D eigenvalue weighted by atomic mass is 9.46. The van der Waals surface area contributed by atoms with E-state index in [9.17, 15) is 66.4 Å². The molecule has 72 heavy (non-hydrogen) atoms. The zero-order chi connectivity index (χ0) is 51.7. The first-order valence-corrected chi connectivity index (χ1v) is 25.7. The highest BCUT2D eigenvalue weighted by atomic mass is 16.8. The Bertz CT molecular complexity index is 1980. The van der Waals surface area contributed by atoms with Crippen LogP contribution in [0, 0.1) is 40.4 Å². The second kappa shape index (κ2) is 20.1. The summed E-state index contributed by atoms with van der Waals surface area (Å²) >= 11 is 0. The van der Waals surface area contributed by atoms with Crippen LogP contribution in [0.5, 0.6) is 0 Å². The predicted octanol–water partition coefficient (Wildman–Crippen LogP) is -3.85. The van der Waals surface area contributed by atoms with Crippen molar-refractivity contribution in [2.45, 2.75) is 213 Å².